The third-order valence-corrected chi connectivity index (χ3v) is 4.37. The molecule has 0 saturated carbocycles. The topological polar surface area (TPSA) is 142 Å². The summed E-state index contributed by atoms with van der Waals surface area (Å²) in [5.74, 6) is -4.65. The molecule has 13 heteroatoms. The van der Waals surface area contributed by atoms with Crippen LogP contribution >= 0.6 is 0 Å². The van der Waals surface area contributed by atoms with E-state index in [4.69, 9.17) is 0 Å². The molecule has 1 heterocycles. The van der Waals surface area contributed by atoms with Crippen LogP contribution in [-0.4, -0.2) is 57.6 Å². The summed E-state index contributed by atoms with van der Waals surface area (Å²) in [6.07, 6.45) is -5.46. The second-order valence-corrected chi connectivity index (χ2v) is 5.95. The molecule has 1 fully saturated rings. The lowest BCUT2D eigenvalue weighted by Gasteiger charge is -2.49. The summed E-state index contributed by atoms with van der Waals surface area (Å²) in [5, 5.41) is 33.1. The van der Waals surface area contributed by atoms with E-state index in [2.05, 4.69) is 10.1 Å². The number of amides is 2. The number of hydrogen-bond acceptors (Lipinski definition) is 7. The summed E-state index contributed by atoms with van der Waals surface area (Å²) in [6, 6.07) is -0.682. The maximum absolute atomic E-state index is 13.7. The van der Waals surface area contributed by atoms with E-state index >= 15 is 0 Å². The van der Waals surface area contributed by atoms with Crippen LogP contribution in [0.15, 0.2) is 18.2 Å². The molecular formula is C15H16F3N3O7. The molecule has 154 valence electrons. The summed E-state index contributed by atoms with van der Waals surface area (Å²) in [5.41, 5.74) is -5.12. The molecule has 1 aliphatic heterocycles. The Balaban J connectivity index is 2.70. The van der Waals surface area contributed by atoms with E-state index in [1.807, 2.05) is 0 Å². The van der Waals surface area contributed by atoms with Gasteiger partial charge in [-0.3, -0.25) is 19.8 Å². The standard InChI is InChI=1S/C15H16F3N3O7/c1-3-28-12(23)10-11(7-4-5-9(22)8(6-7)21(26)27)19-13(24)20(2)14(10,25)15(16,17)18/h4-6,10-11,22,25H,3H2,1-2H3,(H,19,24)/t10-,11+,14-/m0/s1. The first-order chi connectivity index (χ1) is 12.9. The predicted octanol–water partition coefficient (Wildman–Crippen LogP) is 1.43. The van der Waals surface area contributed by atoms with Crippen molar-refractivity contribution in [3.8, 4) is 5.75 Å². The maximum atomic E-state index is 13.7. The minimum atomic E-state index is -5.46. The molecule has 0 bridgehead atoms. The maximum Gasteiger partial charge on any atom is 0.437 e. The molecule has 1 aliphatic rings. The summed E-state index contributed by atoms with van der Waals surface area (Å²) in [6.45, 7) is 1.01. The predicted molar refractivity (Wildman–Crippen MR) is 84.9 cm³/mol. The van der Waals surface area contributed by atoms with Gasteiger partial charge in [0, 0.05) is 13.1 Å². The highest BCUT2D eigenvalue weighted by atomic mass is 19.4. The van der Waals surface area contributed by atoms with E-state index < -0.39 is 52.2 Å². The molecule has 3 N–H and O–H groups in total. The number of rotatable bonds is 4. The lowest BCUT2D eigenvalue weighted by atomic mass is 9.81. The molecule has 1 saturated heterocycles. The number of nitrogens with zero attached hydrogens (tertiary/aromatic N) is 2. The Kier molecular flexibility index (Phi) is 5.41. The number of esters is 1. The van der Waals surface area contributed by atoms with Gasteiger partial charge in [-0.15, -0.1) is 0 Å². The van der Waals surface area contributed by atoms with Gasteiger partial charge in [-0.25, -0.2) is 4.79 Å². The SMILES string of the molecule is CCOC(=O)[C@@H]1[C@@H](c2ccc(O)c([N+](=O)[O-])c2)NC(=O)N(C)[C@@]1(O)C(F)(F)F. The lowest BCUT2D eigenvalue weighted by Crippen LogP contribution is -2.73. The smallest absolute Gasteiger partial charge is 0.437 e. The highest BCUT2D eigenvalue weighted by molar-refractivity contribution is 5.83. The Hall–Kier alpha value is -3.09. The molecule has 3 atom stereocenters. The van der Waals surface area contributed by atoms with Gasteiger partial charge in [-0.1, -0.05) is 6.07 Å². The van der Waals surface area contributed by atoms with Crippen LogP contribution in [-0.2, 0) is 9.53 Å². The molecule has 28 heavy (non-hydrogen) atoms. The monoisotopic (exact) mass is 407 g/mol. The van der Waals surface area contributed by atoms with Gasteiger partial charge in [0.05, 0.1) is 17.6 Å². The Bertz CT molecular complexity index is 817. The van der Waals surface area contributed by atoms with Crippen LogP contribution in [0, 0.1) is 16.0 Å². The Labute approximate surface area is 155 Å². The van der Waals surface area contributed by atoms with Gasteiger partial charge in [0.25, 0.3) is 5.72 Å². The third-order valence-electron chi connectivity index (χ3n) is 4.37. The quantitative estimate of drug-likeness (QED) is 0.389. The number of halogens is 3. The molecule has 0 radical (unpaired) electrons. The van der Waals surface area contributed by atoms with E-state index in [9.17, 15) is 43.1 Å². The summed E-state index contributed by atoms with van der Waals surface area (Å²) < 4.78 is 45.8. The second-order valence-electron chi connectivity index (χ2n) is 5.95. The van der Waals surface area contributed by atoms with E-state index in [0.29, 0.717) is 13.1 Å². The number of alkyl halides is 3. The summed E-state index contributed by atoms with van der Waals surface area (Å²) in [4.78, 5) is 34.3. The molecule has 0 aliphatic carbocycles. The first-order valence-electron chi connectivity index (χ1n) is 7.83. The minimum absolute atomic E-state index is 0.0834. The number of nitro benzene ring substituents is 1. The number of carbonyl (C=O) groups excluding carboxylic acids is 2. The van der Waals surface area contributed by atoms with Gasteiger partial charge in [-0.2, -0.15) is 13.2 Å². The fourth-order valence-corrected chi connectivity index (χ4v) is 2.96. The Morgan fingerprint density at radius 1 is 1.46 bits per heavy atom. The summed E-state index contributed by atoms with van der Waals surface area (Å²) in [7, 11) is 0.643. The Morgan fingerprint density at radius 2 is 2.07 bits per heavy atom. The van der Waals surface area contributed by atoms with Crippen molar-refractivity contribution in [2.24, 2.45) is 5.92 Å². The number of urea groups is 1. The van der Waals surface area contributed by atoms with Gasteiger partial charge in [0.1, 0.15) is 5.92 Å². The van der Waals surface area contributed by atoms with E-state index in [1.165, 1.54) is 6.92 Å². The number of phenolic OH excluding ortho intramolecular Hbond substituents is 1. The Morgan fingerprint density at radius 3 is 2.57 bits per heavy atom. The lowest BCUT2D eigenvalue weighted by molar-refractivity contribution is -0.386. The fourth-order valence-electron chi connectivity index (χ4n) is 2.96. The zero-order valence-electron chi connectivity index (χ0n) is 14.6. The van der Waals surface area contributed by atoms with Crippen LogP contribution in [0.1, 0.15) is 18.5 Å². The first-order valence-corrected chi connectivity index (χ1v) is 7.83. The van der Waals surface area contributed by atoms with Gasteiger partial charge in [0.2, 0.25) is 0 Å². The largest absolute Gasteiger partial charge is 0.502 e. The van der Waals surface area contributed by atoms with Crippen molar-refractivity contribution in [3.05, 3.63) is 33.9 Å². The number of nitro groups is 1. The van der Waals surface area contributed by atoms with Crippen molar-refractivity contribution in [2.75, 3.05) is 13.7 Å². The molecule has 2 amide bonds. The number of ether oxygens (including phenoxy) is 1. The molecule has 1 aromatic rings. The average Bonchev–Trinajstić information content (AvgIpc) is 2.58. The van der Waals surface area contributed by atoms with Gasteiger partial charge in [-0.05, 0) is 18.6 Å². The molecular weight excluding hydrogens is 391 g/mol. The van der Waals surface area contributed by atoms with Crippen LogP contribution in [0.25, 0.3) is 0 Å². The number of aromatic hydroxyl groups is 1. The van der Waals surface area contributed by atoms with Crippen molar-refractivity contribution >= 4 is 17.7 Å². The molecule has 0 spiro atoms. The minimum Gasteiger partial charge on any atom is -0.502 e. The highest BCUT2D eigenvalue weighted by Gasteiger charge is 2.69. The fraction of sp³-hybridized carbons (Fsp3) is 0.467. The van der Waals surface area contributed by atoms with Crippen molar-refractivity contribution in [1.82, 2.24) is 10.2 Å². The number of nitrogens with one attached hydrogen (secondary N) is 1. The number of carbonyl (C=O) groups is 2. The van der Waals surface area contributed by atoms with Gasteiger partial charge < -0.3 is 20.3 Å². The van der Waals surface area contributed by atoms with Crippen molar-refractivity contribution in [1.29, 1.82) is 0 Å². The van der Waals surface area contributed by atoms with Crippen molar-refractivity contribution in [2.45, 2.75) is 24.9 Å². The van der Waals surface area contributed by atoms with Crippen LogP contribution in [0.2, 0.25) is 0 Å². The average molecular weight is 407 g/mol. The van der Waals surface area contributed by atoms with Crippen LogP contribution in [0.5, 0.6) is 5.75 Å². The van der Waals surface area contributed by atoms with Gasteiger partial charge >= 0.3 is 23.9 Å². The van der Waals surface area contributed by atoms with E-state index in [-0.39, 0.29) is 17.1 Å². The van der Waals surface area contributed by atoms with E-state index in [0.717, 1.165) is 12.1 Å². The van der Waals surface area contributed by atoms with Crippen molar-refractivity contribution < 1.29 is 42.6 Å². The first kappa shape index (κ1) is 21.2. The van der Waals surface area contributed by atoms with Crippen LogP contribution < -0.4 is 5.32 Å². The highest BCUT2D eigenvalue weighted by Crippen LogP contribution is 2.47. The van der Waals surface area contributed by atoms with Crippen LogP contribution in [0.3, 0.4) is 0 Å². The number of phenols is 1. The van der Waals surface area contributed by atoms with E-state index in [1.54, 1.807) is 0 Å². The van der Waals surface area contributed by atoms with Crippen LogP contribution in [0.4, 0.5) is 23.7 Å². The number of benzene rings is 1. The molecule has 10 nitrogen and oxygen atoms in total. The zero-order chi connectivity index (χ0) is 21.4. The number of hydrogen-bond donors (Lipinski definition) is 3. The van der Waals surface area contributed by atoms with Gasteiger partial charge in [0.15, 0.2) is 5.75 Å². The molecule has 0 aromatic heterocycles. The second kappa shape index (κ2) is 7.14. The normalized spacial score (nSPS) is 25.2. The zero-order valence-corrected chi connectivity index (χ0v) is 14.6. The molecule has 1 aromatic carbocycles. The molecule has 2 rings (SSSR count). The van der Waals surface area contributed by atoms with Crippen molar-refractivity contribution in [3.63, 3.8) is 0 Å². The molecule has 0 unspecified atom stereocenters. The third kappa shape index (κ3) is 3.28. The summed E-state index contributed by atoms with van der Waals surface area (Å²) >= 11 is 0. The number of aliphatic hydroxyl groups is 1.